The molecule has 62 heavy (non-hydrogen) atoms. The molecular weight excluding hydrogens is 872 g/mol. The highest BCUT2D eigenvalue weighted by atomic mass is 35.5. The number of amides is 1. The van der Waals surface area contributed by atoms with Gasteiger partial charge in [0.2, 0.25) is 5.91 Å². The number of alkyl halides is 6. The summed E-state index contributed by atoms with van der Waals surface area (Å²) in [5, 5.41) is 20.9. The standard InChI is InChI=1S/C45H29Cl2F6N7OS/c1-2-58-35-15-8-7-12-28(35)31-20-24(17-18-36(31)58)42-56-38-29-13-5-3-10-26(29)27-11-4-6-14-30(27)39(38)59(42)19-9-16-37(61)55-43-41(62-45(51,52)53)34(23-54)57-60(43)40-32(46)21-25(22-33(40)47)44(48,49)50/h3-8,10-15,17-18,20-22H,2,9,16,19H2,1H3,(H,55,61). The number of benzene rings is 6. The van der Waals surface area contributed by atoms with E-state index < -0.39 is 67.1 Å². The summed E-state index contributed by atoms with van der Waals surface area (Å²) in [6.07, 6.45) is -4.94. The summed E-state index contributed by atoms with van der Waals surface area (Å²) in [4.78, 5) is 18.3. The molecule has 3 aromatic heterocycles. The molecule has 0 aliphatic rings. The van der Waals surface area contributed by atoms with E-state index in [1.165, 1.54) is 0 Å². The van der Waals surface area contributed by atoms with E-state index >= 15 is 0 Å². The fraction of sp³-hybridized carbons (Fsp3) is 0.156. The number of fused-ring (bicyclic) bond motifs is 9. The molecule has 6 aromatic carbocycles. The number of imidazole rings is 1. The van der Waals surface area contributed by atoms with Crippen LogP contribution < -0.4 is 5.32 Å². The van der Waals surface area contributed by atoms with Gasteiger partial charge in [-0.05, 0) is 72.3 Å². The first-order valence-electron chi connectivity index (χ1n) is 19.1. The molecule has 9 rings (SSSR count). The smallest absolute Gasteiger partial charge is 0.341 e. The van der Waals surface area contributed by atoms with Crippen molar-refractivity contribution in [3.05, 3.63) is 124 Å². The summed E-state index contributed by atoms with van der Waals surface area (Å²) < 4.78 is 87.4. The largest absolute Gasteiger partial charge is 0.446 e. The third kappa shape index (κ3) is 7.15. The fourth-order valence-electron chi connectivity index (χ4n) is 8.22. The van der Waals surface area contributed by atoms with E-state index in [4.69, 9.17) is 28.2 Å². The number of hydrogen-bond donors (Lipinski definition) is 1. The van der Waals surface area contributed by atoms with Crippen molar-refractivity contribution in [2.75, 3.05) is 5.32 Å². The van der Waals surface area contributed by atoms with Crippen molar-refractivity contribution in [1.82, 2.24) is 23.9 Å². The van der Waals surface area contributed by atoms with Crippen molar-refractivity contribution in [1.29, 1.82) is 5.26 Å². The normalized spacial score (nSPS) is 12.3. The lowest BCUT2D eigenvalue weighted by Gasteiger charge is -2.16. The second-order valence-electron chi connectivity index (χ2n) is 14.4. The maximum absolute atomic E-state index is 13.9. The number of carbonyl (C=O) groups is 1. The second-order valence-corrected chi connectivity index (χ2v) is 16.3. The minimum atomic E-state index is -4.95. The van der Waals surface area contributed by atoms with Crippen LogP contribution in [0.25, 0.3) is 71.5 Å². The van der Waals surface area contributed by atoms with Crippen LogP contribution in [0.4, 0.5) is 32.2 Å². The van der Waals surface area contributed by atoms with Crippen molar-refractivity contribution in [3.63, 3.8) is 0 Å². The van der Waals surface area contributed by atoms with Crippen molar-refractivity contribution in [2.24, 2.45) is 0 Å². The van der Waals surface area contributed by atoms with Gasteiger partial charge in [-0.15, -0.1) is 0 Å². The van der Waals surface area contributed by atoms with Gasteiger partial charge in [-0.2, -0.15) is 36.7 Å². The summed E-state index contributed by atoms with van der Waals surface area (Å²) >= 11 is 11.8. The number of nitriles is 1. The first-order chi connectivity index (χ1) is 29.7. The molecule has 312 valence electrons. The summed E-state index contributed by atoms with van der Waals surface area (Å²) in [7, 11) is 0. The lowest BCUT2D eigenvalue weighted by Crippen LogP contribution is -2.17. The van der Waals surface area contributed by atoms with Crippen LogP contribution in [-0.4, -0.2) is 35.3 Å². The maximum atomic E-state index is 13.9. The van der Waals surface area contributed by atoms with E-state index in [0.717, 1.165) is 66.5 Å². The topological polar surface area (TPSA) is 93.5 Å². The zero-order valence-corrected chi connectivity index (χ0v) is 34.5. The third-order valence-electron chi connectivity index (χ3n) is 10.7. The van der Waals surface area contributed by atoms with E-state index in [0.29, 0.717) is 22.6 Å². The first-order valence-corrected chi connectivity index (χ1v) is 20.7. The van der Waals surface area contributed by atoms with Gasteiger partial charge in [0.15, 0.2) is 11.5 Å². The molecule has 17 heteroatoms. The predicted molar refractivity (Wildman–Crippen MR) is 232 cm³/mol. The number of thioether (sulfide) groups is 1. The molecule has 0 saturated carbocycles. The fourth-order valence-corrected chi connectivity index (χ4v) is 9.51. The minimum Gasteiger partial charge on any atom is -0.341 e. The van der Waals surface area contributed by atoms with Crippen LogP contribution in [0.1, 0.15) is 31.0 Å². The highest BCUT2D eigenvalue weighted by Crippen LogP contribution is 2.46. The van der Waals surface area contributed by atoms with Crippen LogP contribution in [0.2, 0.25) is 10.0 Å². The van der Waals surface area contributed by atoms with Crippen LogP contribution in [-0.2, 0) is 24.1 Å². The van der Waals surface area contributed by atoms with Gasteiger partial charge >= 0.3 is 11.7 Å². The second kappa shape index (κ2) is 15.6. The van der Waals surface area contributed by atoms with Crippen molar-refractivity contribution in [3.8, 4) is 23.1 Å². The number of rotatable bonds is 9. The molecule has 0 aliphatic carbocycles. The number of aromatic nitrogens is 5. The summed E-state index contributed by atoms with van der Waals surface area (Å²) in [6, 6.07) is 32.9. The molecule has 0 aliphatic heterocycles. The predicted octanol–water partition coefficient (Wildman–Crippen LogP) is 13.6. The zero-order chi connectivity index (χ0) is 43.7. The average Bonchev–Trinajstić information content (AvgIpc) is 3.89. The summed E-state index contributed by atoms with van der Waals surface area (Å²) in [5.74, 6) is -0.763. The number of nitrogens with one attached hydrogen (secondary N) is 1. The molecule has 3 heterocycles. The van der Waals surface area contributed by atoms with Crippen molar-refractivity contribution >= 4 is 101 Å². The average molecular weight is 901 g/mol. The van der Waals surface area contributed by atoms with Gasteiger partial charge in [-0.1, -0.05) is 89.9 Å². The van der Waals surface area contributed by atoms with Gasteiger partial charge in [0.1, 0.15) is 17.6 Å². The molecule has 0 bridgehead atoms. The molecule has 9 aromatic rings. The van der Waals surface area contributed by atoms with Gasteiger partial charge in [-0.25, -0.2) is 9.67 Å². The van der Waals surface area contributed by atoms with Crippen LogP contribution in [0.15, 0.2) is 108 Å². The molecule has 0 fully saturated rings. The summed E-state index contributed by atoms with van der Waals surface area (Å²) in [5.41, 5.74) is -2.82. The maximum Gasteiger partial charge on any atom is 0.446 e. The van der Waals surface area contributed by atoms with Crippen LogP contribution in [0.3, 0.4) is 0 Å². The highest BCUT2D eigenvalue weighted by molar-refractivity contribution is 8.00. The zero-order valence-electron chi connectivity index (χ0n) is 32.2. The Morgan fingerprint density at radius 1 is 0.790 bits per heavy atom. The Morgan fingerprint density at radius 2 is 1.40 bits per heavy atom. The number of aryl methyl sites for hydroxylation is 2. The van der Waals surface area contributed by atoms with E-state index in [1.54, 1.807) is 6.07 Å². The Morgan fingerprint density at radius 3 is 2.05 bits per heavy atom. The molecule has 1 amide bonds. The van der Waals surface area contributed by atoms with E-state index in [-0.39, 0.29) is 19.4 Å². The van der Waals surface area contributed by atoms with Gasteiger partial charge in [0, 0.05) is 57.7 Å². The Balaban J connectivity index is 1.13. The van der Waals surface area contributed by atoms with Gasteiger partial charge in [-0.3, -0.25) is 4.79 Å². The quantitative estimate of drug-likeness (QED) is 0.0885. The number of anilines is 1. The summed E-state index contributed by atoms with van der Waals surface area (Å²) in [6.45, 7) is 3.10. The molecule has 0 spiro atoms. The highest BCUT2D eigenvalue weighted by Gasteiger charge is 2.37. The Kier molecular flexibility index (Phi) is 10.4. The van der Waals surface area contributed by atoms with Gasteiger partial charge < -0.3 is 14.5 Å². The number of hydrogen-bond acceptors (Lipinski definition) is 5. The lowest BCUT2D eigenvalue weighted by atomic mass is 10.00. The molecule has 8 nitrogen and oxygen atoms in total. The van der Waals surface area contributed by atoms with E-state index in [2.05, 4.69) is 50.7 Å². The lowest BCUT2D eigenvalue weighted by molar-refractivity contribution is -0.137. The monoisotopic (exact) mass is 899 g/mol. The molecule has 0 radical (unpaired) electrons. The van der Waals surface area contributed by atoms with Gasteiger partial charge in [0.05, 0.1) is 31.5 Å². The minimum absolute atomic E-state index is 0.158. The van der Waals surface area contributed by atoms with Crippen LogP contribution in [0, 0.1) is 11.3 Å². The van der Waals surface area contributed by atoms with Crippen molar-refractivity contribution < 1.29 is 31.1 Å². The first kappa shape index (κ1) is 41.2. The molecular formula is C45H29Cl2F6N7OS. The van der Waals surface area contributed by atoms with Crippen LogP contribution in [0.5, 0.6) is 0 Å². The number of halogens is 8. The third-order valence-corrected chi connectivity index (χ3v) is 12.1. The van der Waals surface area contributed by atoms with Crippen LogP contribution >= 0.6 is 35.0 Å². The van der Waals surface area contributed by atoms with Crippen molar-refractivity contribution in [2.45, 2.75) is 49.4 Å². The number of carbonyl (C=O) groups excluding carboxylic acids is 1. The Labute approximate surface area is 362 Å². The number of nitrogens with zero attached hydrogens (tertiary/aromatic N) is 6. The Bertz CT molecular complexity index is 3300. The van der Waals surface area contributed by atoms with E-state index in [1.807, 2.05) is 66.7 Å². The molecule has 1 N–H and O–H groups in total. The van der Waals surface area contributed by atoms with Gasteiger partial charge in [0.25, 0.3) is 0 Å². The molecule has 0 atom stereocenters. The molecule has 0 unspecified atom stereocenters. The SMILES string of the molecule is CCn1c2ccccc2c2cc(-c3nc4c5ccccc5c5ccccc5c4n3CCCC(=O)Nc3c(SC(F)(F)F)c(C#N)nn3-c3c(Cl)cc(C(F)(F)F)cc3Cl)ccc21. The molecule has 0 saturated heterocycles. The number of para-hydroxylation sites is 1. The Hall–Kier alpha value is -6.21. The van der Waals surface area contributed by atoms with E-state index in [9.17, 15) is 36.4 Å².